The molecule has 0 aliphatic carbocycles. The highest BCUT2D eigenvalue weighted by atomic mass is 15.2. The SMILES string of the molecule is CC(C)N(CCCN)c1ccc2nccnc2n1. The number of pyridine rings is 1. The van der Waals surface area contributed by atoms with Gasteiger partial charge in [0.25, 0.3) is 0 Å². The maximum Gasteiger partial charge on any atom is 0.180 e. The Morgan fingerprint density at radius 1 is 1.22 bits per heavy atom. The molecule has 2 aromatic heterocycles. The minimum absolute atomic E-state index is 0.387. The molecule has 2 rings (SSSR count). The molecular formula is C13H19N5. The van der Waals surface area contributed by atoms with Crippen molar-refractivity contribution in [3.05, 3.63) is 24.5 Å². The second-order valence-corrected chi connectivity index (χ2v) is 4.50. The lowest BCUT2D eigenvalue weighted by Gasteiger charge is -2.27. The van der Waals surface area contributed by atoms with Gasteiger partial charge in [-0.3, -0.25) is 4.98 Å². The number of aromatic nitrogens is 3. The van der Waals surface area contributed by atoms with E-state index in [-0.39, 0.29) is 0 Å². The molecule has 0 amide bonds. The molecule has 0 bridgehead atoms. The Kier molecular flexibility index (Phi) is 4.04. The molecule has 18 heavy (non-hydrogen) atoms. The average Bonchev–Trinajstić information content (AvgIpc) is 2.38. The highest BCUT2D eigenvalue weighted by Crippen LogP contribution is 2.17. The highest BCUT2D eigenvalue weighted by Gasteiger charge is 2.12. The lowest BCUT2D eigenvalue weighted by Crippen LogP contribution is -2.33. The summed E-state index contributed by atoms with van der Waals surface area (Å²) in [5.74, 6) is 0.937. The van der Waals surface area contributed by atoms with Crippen LogP contribution in [0.5, 0.6) is 0 Å². The molecule has 5 nitrogen and oxygen atoms in total. The van der Waals surface area contributed by atoms with Crippen molar-refractivity contribution in [2.24, 2.45) is 5.73 Å². The fourth-order valence-electron chi connectivity index (χ4n) is 1.90. The Bertz CT molecular complexity index is 511. The van der Waals surface area contributed by atoms with Gasteiger partial charge in [0.1, 0.15) is 11.3 Å². The van der Waals surface area contributed by atoms with Crippen LogP contribution in [0.15, 0.2) is 24.5 Å². The van der Waals surface area contributed by atoms with Gasteiger partial charge in [0.15, 0.2) is 5.65 Å². The molecule has 0 saturated carbocycles. The third-order valence-corrected chi connectivity index (χ3v) is 2.84. The first-order valence-electron chi connectivity index (χ1n) is 6.27. The van der Waals surface area contributed by atoms with E-state index in [2.05, 4.69) is 33.7 Å². The van der Waals surface area contributed by atoms with E-state index in [4.69, 9.17) is 5.73 Å². The van der Waals surface area contributed by atoms with Gasteiger partial charge in [0, 0.05) is 25.0 Å². The van der Waals surface area contributed by atoms with E-state index < -0.39 is 0 Å². The van der Waals surface area contributed by atoms with Gasteiger partial charge in [0.05, 0.1) is 0 Å². The molecule has 0 unspecified atom stereocenters. The van der Waals surface area contributed by atoms with Gasteiger partial charge in [-0.1, -0.05) is 0 Å². The molecule has 96 valence electrons. The van der Waals surface area contributed by atoms with Crippen LogP contribution in [0.3, 0.4) is 0 Å². The summed E-state index contributed by atoms with van der Waals surface area (Å²) < 4.78 is 0. The van der Waals surface area contributed by atoms with Crippen molar-refractivity contribution in [3.63, 3.8) is 0 Å². The molecule has 0 spiro atoms. The molecule has 2 heterocycles. The van der Waals surface area contributed by atoms with Crippen LogP contribution in [-0.2, 0) is 0 Å². The number of nitrogens with zero attached hydrogens (tertiary/aromatic N) is 4. The van der Waals surface area contributed by atoms with Gasteiger partial charge in [-0.15, -0.1) is 0 Å². The topological polar surface area (TPSA) is 67.9 Å². The predicted molar refractivity (Wildman–Crippen MR) is 73.5 cm³/mol. The van der Waals surface area contributed by atoms with E-state index in [0.717, 1.165) is 24.3 Å². The Balaban J connectivity index is 2.32. The van der Waals surface area contributed by atoms with E-state index in [1.165, 1.54) is 0 Å². The molecule has 0 atom stereocenters. The Labute approximate surface area is 107 Å². The number of hydrogen-bond acceptors (Lipinski definition) is 5. The molecule has 0 aliphatic heterocycles. The van der Waals surface area contributed by atoms with E-state index in [1.54, 1.807) is 12.4 Å². The first-order valence-corrected chi connectivity index (χ1v) is 6.27. The average molecular weight is 245 g/mol. The van der Waals surface area contributed by atoms with Gasteiger partial charge in [-0.25, -0.2) is 9.97 Å². The van der Waals surface area contributed by atoms with E-state index in [0.29, 0.717) is 18.2 Å². The second kappa shape index (κ2) is 5.73. The lowest BCUT2D eigenvalue weighted by molar-refractivity contribution is 0.650. The molecule has 2 aromatic rings. The summed E-state index contributed by atoms with van der Waals surface area (Å²) in [6, 6.07) is 4.34. The minimum atomic E-state index is 0.387. The van der Waals surface area contributed by atoms with Gasteiger partial charge in [-0.2, -0.15) is 0 Å². The summed E-state index contributed by atoms with van der Waals surface area (Å²) in [5, 5.41) is 0. The number of nitrogens with two attached hydrogens (primary N) is 1. The number of hydrogen-bond donors (Lipinski definition) is 1. The molecule has 0 aromatic carbocycles. The van der Waals surface area contributed by atoms with Crippen molar-refractivity contribution < 1.29 is 0 Å². The summed E-state index contributed by atoms with van der Waals surface area (Å²) in [6.07, 6.45) is 4.30. The van der Waals surface area contributed by atoms with Crippen LogP contribution in [0.1, 0.15) is 20.3 Å². The zero-order valence-electron chi connectivity index (χ0n) is 10.9. The zero-order chi connectivity index (χ0) is 13.0. The molecule has 0 aliphatic rings. The summed E-state index contributed by atoms with van der Waals surface area (Å²) in [4.78, 5) is 15.3. The molecule has 0 fully saturated rings. The largest absolute Gasteiger partial charge is 0.354 e. The fourth-order valence-corrected chi connectivity index (χ4v) is 1.90. The first kappa shape index (κ1) is 12.7. The van der Waals surface area contributed by atoms with Crippen LogP contribution in [0.4, 0.5) is 5.82 Å². The van der Waals surface area contributed by atoms with Crippen molar-refractivity contribution >= 4 is 17.0 Å². The predicted octanol–water partition coefficient (Wildman–Crippen LogP) is 1.59. The van der Waals surface area contributed by atoms with Crippen molar-refractivity contribution in [2.75, 3.05) is 18.0 Å². The Hall–Kier alpha value is -1.75. The standard InChI is InChI=1S/C13H19N5/c1-10(2)18(9-3-6-14)12-5-4-11-13(17-12)16-8-7-15-11/h4-5,7-8,10H,3,6,9,14H2,1-2H3. The molecule has 2 N–H and O–H groups in total. The van der Waals surface area contributed by atoms with Gasteiger partial charge >= 0.3 is 0 Å². The number of fused-ring (bicyclic) bond motifs is 1. The maximum atomic E-state index is 5.58. The van der Waals surface area contributed by atoms with E-state index >= 15 is 0 Å². The van der Waals surface area contributed by atoms with Crippen LogP contribution >= 0.6 is 0 Å². The monoisotopic (exact) mass is 245 g/mol. The van der Waals surface area contributed by atoms with Gasteiger partial charge in [-0.05, 0) is 38.9 Å². The van der Waals surface area contributed by atoms with Crippen LogP contribution in [0, 0.1) is 0 Å². The van der Waals surface area contributed by atoms with Crippen LogP contribution < -0.4 is 10.6 Å². The third kappa shape index (κ3) is 2.73. The highest BCUT2D eigenvalue weighted by molar-refractivity contribution is 5.71. The Morgan fingerprint density at radius 2 is 2.00 bits per heavy atom. The fraction of sp³-hybridized carbons (Fsp3) is 0.462. The van der Waals surface area contributed by atoms with Gasteiger partial charge < -0.3 is 10.6 Å². The van der Waals surface area contributed by atoms with Crippen LogP contribution in [0.2, 0.25) is 0 Å². The maximum absolute atomic E-state index is 5.58. The quantitative estimate of drug-likeness (QED) is 0.866. The summed E-state index contributed by atoms with van der Waals surface area (Å²) in [7, 11) is 0. The molecule has 0 saturated heterocycles. The smallest absolute Gasteiger partial charge is 0.180 e. The lowest BCUT2D eigenvalue weighted by atomic mass is 10.2. The van der Waals surface area contributed by atoms with Crippen molar-refractivity contribution in [2.45, 2.75) is 26.3 Å². The number of rotatable bonds is 5. The van der Waals surface area contributed by atoms with Crippen molar-refractivity contribution in [1.82, 2.24) is 15.0 Å². The van der Waals surface area contributed by atoms with E-state index in [9.17, 15) is 0 Å². The van der Waals surface area contributed by atoms with Crippen LogP contribution in [-0.4, -0.2) is 34.1 Å². The summed E-state index contributed by atoms with van der Waals surface area (Å²) in [5.41, 5.74) is 7.09. The van der Waals surface area contributed by atoms with Crippen molar-refractivity contribution in [1.29, 1.82) is 0 Å². The zero-order valence-corrected chi connectivity index (χ0v) is 10.9. The first-order chi connectivity index (χ1) is 8.72. The number of anilines is 1. The molecule has 5 heteroatoms. The summed E-state index contributed by atoms with van der Waals surface area (Å²) in [6.45, 7) is 5.90. The van der Waals surface area contributed by atoms with Crippen molar-refractivity contribution in [3.8, 4) is 0 Å². The van der Waals surface area contributed by atoms with E-state index in [1.807, 2.05) is 12.1 Å². The van der Waals surface area contributed by atoms with Crippen LogP contribution in [0.25, 0.3) is 11.2 Å². The molecule has 0 radical (unpaired) electrons. The van der Waals surface area contributed by atoms with Gasteiger partial charge in [0.2, 0.25) is 0 Å². The molecular weight excluding hydrogens is 226 g/mol. The third-order valence-electron chi connectivity index (χ3n) is 2.84. The Morgan fingerprint density at radius 3 is 2.72 bits per heavy atom. The normalized spacial score (nSPS) is 11.1. The second-order valence-electron chi connectivity index (χ2n) is 4.50. The minimum Gasteiger partial charge on any atom is -0.354 e. The summed E-state index contributed by atoms with van der Waals surface area (Å²) >= 11 is 0.